The van der Waals surface area contributed by atoms with Crippen LogP contribution < -0.4 is 4.74 Å². The minimum absolute atomic E-state index is 0.0457. The zero-order chi connectivity index (χ0) is 16.4. The summed E-state index contributed by atoms with van der Waals surface area (Å²) in [6.45, 7) is 2.05. The molecule has 0 amide bonds. The third-order valence-electron chi connectivity index (χ3n) is 6.76. The van der Waals surface area contributed by atoms with Crippen LogP contribution in [0.25, 0.3) is 0 Å². The van der Waals surface area contributed by atoms with E-state index in [0.717, 1.165) is 25.7 Å². The predicted octanol–water partition coefficient (Wildman–Crippen LogP) is 2.80. The quantitative estimate of drug-likeness (QED) is 0.836. The van der Waals surface area contributed by atoms with Crippen molar-refractivity contribution in [1.29, 1.82) is 0 Å². The first-order valence-electron chi connectivity index (χ1n) is 8.58. The number of aliphatic hydroxyl groups excluding tert-OH is 1. The molecule has 2 fully saturated rings. The molecule has 23 heavy (non-hydrogen) atoms. The Bertz CT molecular complexity index is 668. The molecular formula is C19H24O4. The molecule has 1 aromatic carbocycles. The average molecular weight is 316 g/mol. The number of benzene rings is 1. The molecule has 124 valence electrons. The summed E-state index contributed by atoms with van der Waals surface area (Å²) < 4.78 is 5.23. The van der Waals surface area contributed by atoms with Crippen LogP contribution in [-0.4, -0.2) is 29.2 Å². The summed E-state index contributed by atoms with van der Waals surface area (Å²) in [6.07, 6.45) is 3.61. The highest BCUT2D eigenvalue weighted by molar-refractivity contribution is 5.91. The monoisotopic (exact) mass is 316 g/mol. The number of hydrogen-bond acceptors (Lipinski definition) is 4. The third kappa shape index (κ3) is 1.97. The van der Waals surface area contributed by atoms with Crippen LogP contribution in [0.5, 0.6) is 11.5 Å². The van der Waals surface area contributed by atoms with Crippen LogP contribution >= 0.6 is 0 Å². The number of methoxy groups -OCH3 is 1. The van der Waals surface area contributed by atoms with Crippen molar-refractivity contribution in [2.24, 2.45) is 17.3 Å². The van der Waals surface area contributed by atoms with Crippen molar-refractivity contribution >= 4 is 5.78 Å². The molecule has 0 aliphatic heterocycles. The van der Waals surface area contributed by atoms with Gasteiger partial charge in [0.25, 0.3) is 0 Å². The summed E-state index contributed by atoms with van der Waals surface area (Å²) in [5.74, 6) is 1.85. The van der Waals surface area contributed by atoms with Gasteiger partial charge in [0.15, 0.2) is 17.3 Å². The zero-order valence-electron chi connectivity index (χ0n) is 13.7. The van der Waals surface area contributed by atoms with Crippen molar-refractivity contribution < 1.29 is 19.7 Å². The van der Waals surface area contributed by atoms with E-state index in [9.17, 15) is 15.0 Å². The molecule has 1 aromatic rings. The smallest absolute Gasteiger partial charge is 0.167 e. The van der Waals surface area contributed by atoms with Crippen LogP contribution in [0, 0.1) is 17.3 Å². The van der Waals surface area contributed by atoms with E-state index in [1.165, 1.54) is 11.1 Å². The number of fused-ring (bicyclic) bond motifs is 5. The summed E-state index contributed by atoms with van der Waals surface area (Å²) >= 11 is 0. The van der Waals surface area contributed by atoms with Gasteiger partial charge in [-0.2, -0.15) is 0 Å². The molecule has 4 heteroatoms. The Morgan fingerprint density at radius 1 is 1.30 bits per heavy atom. The topological polar surface area (TPSA) is 66.8 Å². The van der Waals surface area contributed by atoms with Gasteiger partial charge in [-0.15, -0.1) is 0 Å². The Labute approximate surface area is 136 Å². The van der Waals surface area contributed by atoms with Crippen LogP contribution in [0.15, 0.2) is 12.1 Å². The molecule has 2 N–H and O–H groups in total. The highest BCUT2D eigenvalue weighted by Gasteiger charge is 2.57. The summed E-state index contributed by atoms with van der Waals surface area (Å²) in [5, 5.41) is 20.2. The molecule has 0 saturated heterocycles. The van der Waals surface area contributed by atoms with Crippen LogP contribution in [0.2, 0.25) is 0 Å². The standard InChI is InChI=1S/C19H24O4/c1-19-6-5-11-12(14(19)9-16(21)18(19)22)4-3-10-7-17(23-2)15(20)8-13(10)11/h7-8,11-12,14,16,20-21H,3-6,9H2,1-2H3/t11-,12+,14-,16+,19-/m0/s1. The second-order valence-corrected chi connectivity index (χ2v) is 7.71. The van der Waals surface area contributed by atoms with Crippen LogP contribution in [0.3, 0.4) is 0 Å². The van der Waals surface area contributed by atoms with Gasteiger partial charge in [-0.25, -0.2) is 0 Å². The lowest BCUT2D eigenvalue weighted by Gasteiger charge is -2.48. The van der Waals surface area contributed by atoms with E-state index >= 15 is 0 Å². The van der Waals surface area contributed by atoms with Crippen molar-refractivity contribution in [3.8, 4) is 11.5 Å². The molecule has 5 atom stereocenters. The van der Waals surface area contributed by atoms with E-state index in [0.29, 0.717) is 24.0 Å². The van der Waals surface area contributed by atoms with Crippen LogP contribution in [0.1, 0.15) is 49.7 Å². The third-order valence-corrected chi connectivity index (χ3v) is 6.76. The second kappa shape index (κ2) is 4.97. The molecule has 0 radical (unpaired) electrons. The first kappa shape index (κ1) is 15.0. The molecule has 0 unspecified atom stereocenters. The van der Waals surface area contributed by atoms with Crippen molar-refractivity contribution in [3.05, 3.63) is 23.3 Å². The van der Waals surface area contributed by atoms with Crippen molar-refractivity contribution in [2.75, 3.05) is 7.11 Å². The van der Waals surface area contributed by atoms with Crippen molar-refractivity contribution in [1.82, 2.24) is 0 Å². The Kier molecular flexibility index (Phi) is 3.24. The summed E-state index contributed by atoms with van der Waals surface area (Å²) in [7, 11) is 1.57. The number of hydrogen-bond donors (Lipinski definition) is 2. The number of phenols is 1. The summed E-state index contributed by atoms with van der Waals surface area (Å²) in [6, 6.07) is 3.82. The van der Waals surface area contributed by atoms with Gasteiger partial charge in [0.05, 0.1) is 7.11 Å². The highest BCUT2D eigenvalue weighted by atomic mass is 16.5. The van der Waals surface area contributed by atoms with Gasteiger partial charge in [-0.3, -0.25) is 4.79 Å². The first-order valence-corrected chi connectivity index (χ1v) is 8.58. The zero-order valence-corrected chi connectivity index (χ0v) is 13.7. The number of aliphatic hydroxyl groups is 1. The Balaban J connectivity index is 1.73. The fraction of sp³-hybridized carbons (Fsp3) is 0.632. The van der Waals surface area contributed by atoms with E-state index < -0.39 is 6.10 Å². The molecule has 0 bridgehead atoms. The van der Waals surface area contributed by atoms with Crippen molar-refractivity contribution in [3.63, 3.8) is 0 Å². The maximum absolute atomic E-state index is 12.4. The SMILES string of the molecule is COc1cc2c(cc1O)[C@H]1CC[C@]3(C)C(=O)[C@H](O)C[C@H]3[C@@H]1CC2. The number of aryl methyl sites for hydroxylation is 1. The number of phenolic OH excluding ortho intramolecular Hbond substituents is 1. The molecule has 0 heterocycles. The number of ether oxygens (including phenoxy) is 1. The minimum Gasteiger partial charge on any atom is -0.504 e. The lowest BCUT2D eigenvalue weighted by atomic mass is 9.55. The summed E-state index contributed by atoms with van der Waals surface area (Å²) in [5.41, 5.74) is 2.12. The lowest BCUT2D eigenvalue weighted by Crippen LogP contribution is -2.42. The van der Waals surface area contributed by atoms with Gasteiger partial charge in [0.2, 0.25) is 0 Å². The Morgan fingerprint density at radius 2 is 2.09 bits per heavy atom. The van der Waals surface area contributed by atoms with E-state index in [-0.39, 0.29) is 22.9 Å². The van der Waals surface area contributed by atoms with Crippen LogP contribution in [-0.2, 0) is 11.2 Å². The molecule has 0 aromatic heterocycles. The number of carbonyl (C=O) groups excluding carboxylic acids is 1. The maximum atomic E-state index is 12.4. The molecule has 3 aliphatic rings. The molecule has 2 saturated carbocycles. The van der Waals surface area contributed by atoms with Gasteiger partial charge in [0, 0.05) is 5.41 Å². The Morgan fingerprint density at radius 3 is 2.83 bits per heavy atom. The van der Waals surface area contributed by atoms with Gasteiger partial charge < -0.3 is 14.9 Å². The molecule has 3 aliphatic carbocycles. The molecule has 4 rings (SSSR count). The van der Waals surface area contributed by atoms with Gasteiger partial charge >= 0.3 is 0 Å². The fourth-order valence-electron chi connectivity index (χ4n) is 5.54. The lowest BCUT2D eigenvalue weighted by molar-refractivity contribution is -0.134. The van der Waals surface area contributed by atoms with Gasteiger partial charge in [-0.1, -0.05) is 6.92 Å². The number of aromatic hydroxyl groups is 1. The van der Waals surface area contributed by atoms with E-state index in [1.54, 1.807) is 7.11 Å². The normalized spacial score (nSPS) is 38.7. The number of Topliss-reactive ketones (excluding diaryl/α,β-unsaturated/α-hetero) is 1. The second-order valence-electron chi connectivity index (χ2n) is 7.71. The number of ketones is 1. The largest absolute Gasteiger partial charge is 0.504 e. The van der Waals surface area contributed by atoms with Crippen LogP contribution in [0.4, 0.5) is 0 Å². The van der Waals surface area contributed by atoms with E-state index in [2.05, 4.69) is 0 Å². The fourth-order valence-corrected chi connectivity index (χ4v) is 5.54. The van der Waals surface area contributed by atoms with Gasteiger partial charge in [0.1, 0.15) is 6.10 Å². The van der Waals surface area contributed by atoms with E-state index in [1.807, 2.05) is 19.1 Å². The van der Waals surface area contributed by atoms with Gasteiger partial charge in [-0.05, 0) is 73.1 Å². The molecule has 0 spiro atoms. The number of carbonyl (C=O) groups is 1. The minimum atomic E-state index is -0.783. The molecular weight excluding hydrogens is 292 g/mol. The highest BCUT2D eigenvalue weighted by Crippen LogP contribution is 2.60. The number of rotatable bonds is 1. The maximum Gasteiger partial charge on any atom is 0.167 e. The van der Waals surface area contributed by atoms with Crippen molar-refractivity contribution in [2.45, 2.75) is 51.0 Å². The Hall–Kier alpha value is -1.55. The average Bonchev–Trinajstić information content (AvgIpc) is 2.78. The summed E-state index contributed by atoms with van der Waals surface area (Å²) in [4.78, 5) is 12.4. The molecule has 4 nitrogen and oxygen atoms in total. The first-order chi connectivity index (χ1) is 11.0. The van der Waals surface area contributed by atoms with E-state index in [4.69, 9.17) is 4.74 Å². The predicted molar refractivity (Wildman–Crippen MR) is 85.7 cm³/mol.